The van der Waals surface area contributed by atoms with E-state index in [1.54, 1.807) is 0 Å². The Hall–Kier alpha value is -5.67. The number of anilines is 3. The van der Waals surface area contributed by atoms with Gasteiger partial charge in [-0.3, -0.25) is 0 Å². The summed E-state index contributed by atoms with van der Waals surface area (Å²) in [4.78, 5) is 7.73. The summed E-state index contributed by atoms with van der Waals surface area (Å²) in [6.45, 7) is 9.01. The second-order valence-corrected chi connectivity index (χ2v) is 13.9. The molecule has 0 unspecified atom stereocenters. The Morgan fingerprint density at radius 2 is 1.04 bits per heavy atom. The predicted octanol–water partition coefficient (Wildman–Crippen LogP) is 11.9. The molecular weight excluding hydrogens is 583 g/mol. The van der Waals surface area contributed by atoms with E-state index in [1.165, 1.54) is 60.4 Å². The summed E-state index contributed by atoms with van der Waals surface area (Å²) >= 11 is 0. The molecule has 1 heterocycles. The first-order valence-electron chi connectivity index (χ1n) is 16.8. The number of imidazole rings is 1. The molecule has 0 N–H and O–H groups in total. The Bertz CT molecular complexity index is 2510. The van der Waals surface area contributed by atoms with Gasteiger partial charge in [-0.05, 0) is 89.3 Å². The standard InChI is InChI=1S/C45H37N3/c1-28-14-19-31(20-15-28)48(32-21-16-29(2)17-22-32)33-23-25-37-36-24-18-30(26-40(36)45(3,4)41(37)27-33)44-46-42-38-12-8-6-10-34(38)35-11-7-9-13-39(35)43(42)47(44)5/h6-27H,1-5H3. The second kappa shape index (κ2) is 10.4. The highest BCUT2D eigenvalue weighted by molar-refractivity contribution is 6.23. The van der Waals surface area contributed by atoms with Crippen LogP contribution in [0.1, 0.15) is 36.1 Å². The number of aromatic nitrogens is 2. The van der Waals surface area contributed by atoms with Gasteiger partial charge in [0.2, 0.25) is 0 Å². The number of aryl methyl sites for hydroxylation is 3. The summed E-state index contributed by atoms with van der Waals surface area (Å²) in [6, 6.07) is 49.0. The maximum absolute atomic E-state index is 5.36. The molecule has 8 aromatic rings. The van der Waals surface area contributed by atoms with Crippen molar-refractivity contribution in [1.82, 2.24) is 9.55 Å². The van der Waals surface area contributed by atoms with E-state index in [0.29, 0.717) is 0 Å². The Morgan fingerprint density at radius 3 is 1.67 bits per heavy atom. The molecule has 0 fully saturated rings. The van der Waals surface area contributed by atoms with E-state index in [2.05, 4.69) is 178 Å². The van der Waals surface area contributed by atoms with E-state index >= 15 is 0 Å². The summed E-state index contributed by atoms with van der Waals surface area (Å²) < 4.78 is 2.29. The maximum atomic E-state index is 5.36. The van der Waals surface area contributed by atoms with Crippen LogP contribution < -0.4 is 4.90 Å². The molecule has 0 radical (unpaired) electrons. The monoisotopic (exact) mass is 619 g/mol. The minimum absolute atomic E-state index is 0.188. The van der Waals surface area contributed by atoms with Gasteiger partial charge >= 0.3 is 0 Å². The highest BCUT2D eigenvalue weighted by Gasteiger charge is 2.36. The topological polar surface area (TPSA) is 21.1 Å². The number of benzene rings is 7. The van der Waals surface area contributed by atoms with Crippen LogP contribution in [-0.4, -0.2) is 9.55 Å². The zero-order valence-electron chi connectivity index (χ0n) is 28.0. The van der Waals surface area contributed by atoms with Crippen LogP contribution in [-0.2, 0) is 12.5 Å². The van der Waals surface area contributed by atoms with Crippen molar-refractivity contribution in [3.63, 3.8) is 0 Å². The first kappa shape index (κ1) is 28.5. The van der Waals surface area contributed by atoms with Gasteiger partial charge in [-0.25, -0.2) is 4.98 Å². The van der Waals surface area contributed by atoms with Gasteiger partial charge in [0, 0.05) is 45.9 Å². The molecule has 7 aromatic carbocycles. The molecule has 9 rings (SSSR count). The highest BCUT2D eigenvalue weighted by atomic mass is 15.1. The van der Waals surface area contributed by atoms with E-state index in [0.717, 1.165) is 34.0 Å². The zero-order chi connectivity index (χ0) is 32.7. The lowest BCUT2D eigenvalue weighted by atomic mass is 9.81. The van der Waals surface area contributed by atoms with Gasteiger partial charge in [-0.1, -0.05) is 116 Å². The predicted molar refractivity (Wildman–Crippen MR) is 203 cm³/mol. The molecule has 1 aliphatic carbocycles. The van der Waals surface area contributed by atoms with Crippen LogP contribution >= 0.6 is 0 Å². The maximum Gasteiger partial charge on any atom is 0.140 e. The lowest BCUT2D eigenvalue weighted by Crippen LogP contribution is -2.16. The van der Waals surface area contributed by atoms with Crippen molar-refractivity contribution in [2.45, 2.75) is 33.1 Å². The van der Waals surface area contributed by atoms with Gasteiger partial charge < -0.3 is 9.47 Å². The minimum atomic E-state index is -0.188. The van der Waals surface area contributed by atoms with Crippen LogP contribution in [0.15, 0.2) is 133 Å². The highest BCUT2D eigenvalue weighted by Crippen LogP contribution is 2.52. The first-order valence-corrected chi connectivity index (χ1v) is 16.8. The van der Waals surface area contributed by atoms with Gasteiger partial charge in [0.05, 0.1) is 11.0 Å². The number of fused-ring (bicyclic) bond motifs is 9. The third-order valence-corrected chi connectivity index (χ3v) is 10.5. The van der Waals surface area contributed by atoms with Crippen molar-refractivity contribution in [1.29, 1.82) is 0 Å². The van der Waals surface area contributed by atoms with E-state index in [1.807, 2.05) is 0 Å². The summed E-state index contributed by atoms with van der Waals surface area (Å²) in [5, 5.41) is 4.94. The normalized spacial score (nSPS) is 13.3. The van der Waals surface area contributed by atoms with Gasteiger partial charge in [0.25, 0.3) is 0 Å². The largest absolute Gasteiger partial charge is 0.327 e. The first-order chi connectivity index (χ1) is 23.3. The van der Waals surface area contributed by atoms with Crippen molar-refractivity contribution in [3.05, 3.63) is 156 Å². The second-order valence-electron chi connectivity index (χ2n) is 13.9. The van der Waals surface area contributed by atoms with Crippen LogP contribution in [0.5, 0.6) is 0 Å². The molecule has 1 aromatic heterocycles. The summed E-state index contributed by atoms with van der Waals surface area (Å²) in [5.41, 5.74) is 14.5. The van der Waals surface area contributed by atoms with E-state index < -0.39 is 0 Å². The van der Waals surface area contributed by atoms with Gasteiger partial charge in [0.15, 0.2) is 0 Å². The third-order valence-electron chi connectivity index (χ3n) is 10.5. The molecule has 232 valence electrons. The molecule has 0 spiro atoms. The number of rotatable bonds is 4. The van der Waals surface area contributed by atoms with Crippen molar-refractivity contribution in [2.24, 2.45) is 7.05 Å². The van der Waals surface area contributed by atoms with Crippen molar-refractivity contribution >= 4 is 49.6 Å². The van der Waals surface area contributed by atoms with E-state index in [4.69, 9.17) is 4.98 Å². The van der Waals surface area contributed by atoms with Crippen molar-refractivity contribution < 1.29 is 0 Å². The van der Waals surface area contributed by atoms with E-state index in [9.17, 15) is 0 Å². The molecule has 3 heteroatoms. The fourth-order valence-electron chi connectivity index (χ4n) is 7.94. The van der Waals surface area contributed by atoms with Crippen LogP contribution in [0.3, 0.4) is 0 Å². The number of hydrogen-bond donors (Lipinski definition) is 0. The molecule has 0 saturated carbocycles. The average molecular weight is 620 g/mol. The van der Waals surface area contributed by atoms with Crippen LogP contribution in [0, 0.1) is 13.8 Å². The molecule has 0 atom stereocenters. The van der Waals surface area contributed by atoms with Crippen LogP contribution in [0.25, 0.3) is 55.1 Å². The molecule has 0 saturated heterocycles. The Labute approximate surface area is 281 Å². The third kappa shape index (κ3) is 4.17. The number of nitrogens with zero attached hydrogens (tertiary/aromatic N) is 3. The Kier molecular flexibility index (Phi) is 6.20. The smallest absolute Gasteiger partial charge is 0.140 e. The SMILES string of the molecule is Cc1ccc(N(c2ccc(C)cc2)c2ccc3c(c2)C(C)(C)c2cc(-c4nc5c6ccccc6c6ccccc6c5n4C)ccc2-3)cc1. The molecule has 48 heavy (non-hydrogen) atoms. The van der Waals surface area contributed by atoms with E-state index in [-0.39, 0.29) is 5.41 Å². The van der Waals surface area contributed by atoms with Crippen LogP contribution in [0.4, 0.5) is 17.1 Å². The molecular formula is C45H37N3. The Balaban J connectivity index is 1.18. The molecule has 0 aliphatic heterocycles. The molecule has 1 aliphatic rings. The fourth-order valence-corrected chi connectivity index (χ4v) is 7.94. The molecule has 0 bridgehead atoms. The number of hydrogen-bond acceptors (Lipinski definition) is 2. The van der Waals surface area contributed by atoms with Crippen molar-refractivity contribution in [3.8, 4) is 22.5 Å². The molecule has 0 amide bonds. The molecule has 3 nitrogen and oxygen atoms in total. The van der Waals surface area contributed by atoms with Crippen molar-refractivity contribution in [2.75, 3.05) is 4.90 Å². The lowest BCUT2D eigenvalue weighted by molar-refractivity contribution is 0.660. The van der Waals surface area contributed by atoms with Gasteiger partial charge in [0.1, 0.15) is 5.82 Å². The fraction of sp³-hybridized carbons (Fsp3) is 0.133. The average Bonchev–Trinajstić information content (AvgIpc) is 3.57. The van der Waals surface area contributed by atoms with Crippen LogP contribution in [0.2, 0.25) is 0 Å². The van der Waals surface area contributed by atoms with Gasteiger partial charge in [-0.15, -0.1) is 0 Å². The summed E-state index contributed by atoms with van der Waals surface area (Å²) in [6.07, 6.45) is 0. The summed E-state index contributed by atoms with van der Waals surface area (Å²) in [5.74, 6) is 0.992. The van der Waals surface area contributed by atoms with Gasteiger partial charge in [-0.2, -0.15) is 0 Å². The lowest BCUT2D eigenvalue weighted by Gasteiger charge is -2.28. The zero-order valence-corrected chi connectivity index (χ0v) is 28.0. The minimum Gasteiger partial charge on any atom is -0.327 e. The quantitative estimate of drug-likeness (QED) is 0.183. The Morgan fingerprint density at radius 1 is 0.542 bits per heavy atom. The summed E-state index contributed by atoms with van der Waals surface area (Å²) in [7, 11) is 2.16.